The summed E-state index contributed by atoms with van der Waals surface area (Å²) in [6.45, 7) is 10.2. The van der Waals surface area contributed by atoms with Gasteiger partial charge in [0, 0.05) is 6.04 Å². The van der Waals surface area contributed by atoms with Gasteiger partial charge in [0.1, 0.15) is 0 Å². The van der Waals surface area contributed by atoms with Gasteiger partial charge in [0.05, 0.1) is 0 Å². The highest BCUT2D eigenvalue weighted by atomic mass is 14.9. The Bertz CT molecular complexity index is 99.3. The molecule has 1 nitrogen and oxygen atoms in total. The fourth-order valence-corrected chi connectivity index (χ4v) is 1.72. The third-order valence-corrected chi connectivity index (χ3v) is 2.64. The summed E-state index contributed by atoms with van der Waals surface area (Å²) in [5, 5.41) is 3.56. The Morgan fingerprint density at radius 1 is 1.00 bits per heavy atom. The lowest BCUT2D eigenvalue weighted by molar-refractivity contribution is 0.371. The summed E-state index contributed by atoms with van der Waals surface area (Å²) in [6.07, 6.45) is 6.89. The fraction of sp³-hybridized carbons (Fsp3) is 1.00. The van der Waals surface area contributed by atoms with Crippen LogP contribution in [0.3, 0.4) is 0 Å². The van der Waals surface area contributed by atoms with Gasteiger partial charge in [0.15, 0.2) is 0 Å². The second kappa shape index (κ2) is 8.55. The van der Waals surface area contributed by atoms with Crippen molar-refractivity contribution in [2.45, 2.75) is 65.8 Å². The SMILES string of the molecule is CCCCCCC(NCC)C(C)C. The first-order valence-corrected chi connectivity index (χ1v) is 5.95. The number of rotatable bonds is 8. The van der Waals surface area contributed by atoms with Crippen LogP contribution in [0.5, 0.6) is 0 Å². The molecule has 0 saturated heterocycles. The van der Waals surface area contributed by atoms with E-state index in [9.17, 15) is 0 Å². The van der Waals surface area contributed by atoms with E-state index in [2.05, 4.69) is 33.0 Å². The molecular weight excluding hydrogens is 158 g/mol. The number of hydrogen-bond acceptors (Lipinski definition) is 1. The maximum atomic E-state index is 3.56. The van der Waals surface area contributed by atoms with Crippen molar-refractivity contribution in [2.75, 3.05) is 6.54 Å². The molecule has 0 bridgehead atoms. The van der Waals surface area contributed by atoms with E-state index in [4.69, 9.17) is 0 Å². The zero-order chi connectivity index (χ0) is 10.1. The third kappa shape index (κ3) is 7.06. The van der Waals surface area contributed by atoms with Crippen LogP contribution in [-0.2, 0) is 0 Å². The summed E-state index contributed by atoms with van der Waals surface area (Å²) in [5.41, 5.74) is 0. The molecule has 0 aliphatic rings. The van der Waals surface area contributed by atoms with Crippen molar-refractivity contribution in [3.63, 3.8) is 0 Å². The Morgan fingerprint density at radius 3 is 2.15 bits per heavy atom. The summed E-state index contributed by atoms with van der Waals surface area (Å²) in [7, 11) is 0. The Kier molecular flexibility index (Phi) is 8.53. The van der Waals surface area contributed by atoms with E-state index in [1.54, 1.807) is 0 Å². The van der Waals surface area contributed by atoms with Gasteiger partial charge in [0.2, 0.25) is 0 Å². The smallest absolute Gasteiger partial charge is 0.00899 e. The zero-order valence-corrected chi connectivity index (χ0v) is 9.90. The highest BCUT2D eigenvalue weighted by molar-refractivity contribution is 4.69. The van der Waals surface area contributed by atoms with Gasteiger partial charge in [-0.2, -0.15) is 0 Å². The minimum absolute atomic E-state index is 0.738. The number of hydrogen-bond donors (Lipinski definition) is 1. The molecule has 0 amide bonds. The molecule has 0 aromatic rings. The second-order valence-corrected chi connectivity index (χ2v) is 4.26. The molecule has 1 heteroatoms. The molecule has 0 aliphatic carbocycles. The van der Waals surface area contributed by atoms with E-state index >= 15 is 0 Å². The van der Waals surface area contributed by atoms with Crippen molar-refractivity contribution >= 4 is 0 Å². The van der Waals surface area contributed by atoms with E-state index in [0.29, 0.717) is 0 Å². The van der Waals surface area contributed by atoms with E-state index in [-0.39, 0.29) is 0 Å². The molecule has 0 saturated carbocycles. The van der Waals surface area contributed by atoms with E-state index in [1.807, 2.05) is 0 Å². The second-order valence-electron chi connectivity index (χ2n) is 4.26. The van der Waals surface area contributed by atoms with Gasteiger partial charge in [0.25, 0.3) is 0 Å². The lowest BCUT2D eigenvalue weighted by atomic mass is 9.97. The third-order valence-electron chi connectivity index (χ3n) is 2.64. The van der Waals surface area contributed by atoms with Crippen molar-refractivity contribution in [1.82, 2.24) is 5.32 Å². The van der Waals surface area contributed by atoms with Crippen molar-refractivity contribution in [1.29, 1.82) is 0 Å². The monoisotopic (exact) mass is 185 g/mol. The quantitative estimate of drug-likeness (QED) is 0.570. The topological polar surface area (TPSA) is 12.0 Å². The Balaban J connectivity index is 3.45. The Morgan fingerprint density at radius 2 is 1.69 bits per heavy atom. The predicted molar refractivity (Wildman–Crippen MR) is 61.1 cm³/mol. The van der Waals surface area contributed by atoms with Crippen molar-refractivity contribution in [3.05, 3.63) is 0 Å². The first kappa shape index (κ1) is 13.0. The first-order chi connectivity index (χ1) is 6.22. The van der Waals surface area contributed by atoms with E-state index < -0.39 is 0 Å². The molecule has 0 aromatic carbocycles. The van der Waals surface area contributed by atoms with Crippen molar-refractivity contribution in [3.8, 4) is 0 Å². The van der Waals surface area contributed by atoms with Gasteiger partial charge >= 0.3 is 0 Å². The van der Waals surface area contributed by atoms with Gasteiger partial charge in [-0.05, 0) is 18.9 Å². The van der Waals surface area contributed by atoms with Crippen LogP contribution in [0.4, 0.5) is 0 Å². The minimum Gasteiger partial charge on any atom is -0.314 e. The van der Waals surface area contributed by atoms with Crippen LogP contribution >= 0.6 is 0 Å². The Labute approximate surface area is 84.3 Å². The molecular formula is C12H27N. The van der Waals surface area contributed by atoms with E-state index in [1.165, 1.54) is 32.1 Å². The molecule has 0 radical (unpaired) electrons. The Hall–Kier alpha value is -0.0400. The average Bonchev–Trinajstić information content (AvgIpc) is 2.10. The standard InChI is InChI=1S/C12H27N/c1-5-7-8-9-10-12(11(3)4)13-6-2/h11-13H,5-10H2,1-4H3. The zero-order valence-electron chi connectivity index (χ0n) is 9.90. The lowest BCUT2D eigenvalue weighted by Crippen LogP contribution is -2.33. The molecule has 0 heterocycles. The van der Waals surface area contributed by atoms with Crippen LogP contribution in [-0.4, -0.2) is 12.6 Å². The molecule has 0 aliphatic heterocycles. The maximum Gasteiger partial charge on any atom is 0.00899 e. The number of unbranched alkanes of at least 4 members (excludes halogenated alkanes) is 3. The van der Waals surface area contributed by atoms with Crippen molar-refractivity contribution in [2.24, 2.45) is 5.92 Å². The lowest BCUT2D eigenvalue weighted by Gasteiger charge is -2.21. The van der Waals surface area contributed by atoms with Crippen LogP contribution in [0.15, 0.2) is 0 Å². The summed E-state index contributed by atoms with van der Waals surface area (Å²) >= 11 is 0. The summed E-state index contributed by atoms with van der Waals surface area (Å²) < 4.78 is 0. The maximum absolute atomic E-state index is 3.56. The predicted octanol–water partition coefficient (Wildman–Crippen LogP) is 3.59. The summed E-state index contributed by atoms with van der Waals surface area (Å²) in [4.78, 5) is 0. The van der Waals surface area contributed by atoms with Gasteiger partial charge in [-0.1, -0.05) is 53.4 Å². The molecule has 0 spiro atoms. The van der Waals surface area contributed by atoms with Gasteiger partial charge in [-0.15, -0.1) is 0 Å². The fourth-order valence-electron chi connectivity index (χ4n) is 1.72. The van der Waals surface area contributed by atoms with Crippen LogP contribution in [0.25, 0.3) is 0 Å². The van der Waals surface area contributed by atoms with Gasteiger partial charge in [-0.25, -0.2) is 0 Å². The molecule has 1 N–H and O–H groups in total. The molecule has 0 fully saturated rings. The molecule has 1 atom stereocenters. The van der Waals surface area contributed by atoms with Crippen LogP contribution in [0.1, 0.15) is 59.8 Å². The summed E-state index contributed by atoms with van der Waals surface area (Å²) in [5.74, 6) is 0.779. The van der Waals surface area contributed by atoms with E-state index in [0.717, 1.165) is 18.5 Å². The van der Waals surface area contributed by atoms with Gasteiger partial charge < -0.3 is 5.32 Å². The normalized spacial score (nSPS) is 13.6. The van der Waals surface area contributed by atoms with Gasteiger partial charge in [-0.3, -0.25) is 0 Å². The molecule has 1 unspecified atom stereocenters. The molecule has 0 aromatic heterocycles. The highest BCUT2D eigenvalue weighted by Gasteiger charge is 2.10. The highest BCUT2D eigenvalue weighted by Crippen LogP contribution is 2.11. The van der Waals surface area contributed by atoms with Crippen LogP contribution in [0, 0.1) is 5.92 Å². The summed E-state index contributed by atoms with van der Waals surface area (Å²) in [6, 6.07) is 0.738. The van der Waals surface area contributed by atoms with Crippen LogP contribution in [0.2, 0.25) is 0 Å². The van der Waals surface area contributed by atoms with Crippen molar-refractivity contribution < 1.29 is 0 Å². The molecule has 0 rings (SSSR count). The minimum atomic E-state index is 0.738. The molecule has 13 heavy (non-hydrogen) atoms. The first-order valence-electron chi connectivity index (χ1n) is 5.95. The largest absolute Gasteiger partial charge is 0.314 e. The van der Waals surface area contributed by atoms with Crippen LogP contribution < -0.4 is 5.32 Å². The number of nitrogens with one attached hydrogen (secondary N) is 1. The average molecular weight is 185 g/mol. The molecule has 80 valence electrons.